The van der Waals surface area contributed by atoms with Crippen LogP contribution in [-0.2, 0) is 4.79 Å². The van der Waals surface area contributed by atoms with Gasteiger partial charge < -0.3 is 10.4 Å². The molecular weight excluding hydrogens is 262 g/mol. The van der Waals surface area contributed by atoms with Crippen molar-refractivity contribution >= 4 is 11.6 Å². The number of aliphatic hydroxyl groups is 1. The third-order valence-electron chi connectivity index (χ3n) is 3.12. The molecule has 0 fully saturated rings. The number of anilines is 1. The zero-order chi connectivity index (χ0) is 15.3. The number of rotatable bonds is 8. The van der Waals surface area contributed by atoms with Crippen LogP contribution in [0.25, 0.3) is 0 Å². The largest absolute Gasteiger partial charge is 0.395 e. The predicted octanol–water partition coefficient (Wildman–Crippen LogP) is 3.72. The van der Waals surface area contributed by atoms with E-state index >= 15 is 0 Å². The zero-order valence-corrected chi connectivity index (χ0v) is 12.8. The summed E-state index contributed by atoms with van der Waals surface area (Å²) in [7, 11) is 0. The van der Waals surface area contributed by atoms with Crippen molar-refractivity contribution in [1.82, 2.24) is 0 Å². The molecule has 1 aromatic carbocycles. The Bertz CT molecular complexity index is 485. The molecule has 0 atom stereocenters. The Labute approximate surface area is 127 Å². The number of benzene rings is 1. The smallest absolute Gasteiger partial charge is 0.224 e. The maximum Gasteiger partial charge on any atom is 0.224 e. The molecule has 0 aromatic heterocycles. The van der Waals surface area contributed by atoms with Gasteiger partial charge in [-0.15, -0.1) is 0 Å². The Morgan fingerprint density at radius 2 is 2.05 bits per heavy atom. The molecule has 2 N–H and O–H groups in total. The van der Waals surface area contributed by atoms with Crippen LogP contribution in [0.3, 0.4) is 0 Å². The van der Waals surface area contributed by atoms with E-state index in [1.165, 1.54) is 19.3 Å². The van der Waals surface area contributed by atoms with Crippen molar-refractivity contribution in [3.8, 4) is 11.8 Å². The second-order valence-electron chi connectivity index (χ2n) is 5.07. The molecule has 0 saturated carbocycles. The first-order valence-corrected chi connectivity index (χ1v) is 7.76. The zero-order valence-electron chi connectivity index (χ0n) is 12.8. The fourth-order valence-corrected chi connectivity index (χ4v) is 2.01. The van der Waals surface area contributed by atoms with E-state index < -0.39 is 0 Å². The molecule has 1 amide bonds. The van der Waals surface area contributed by atoms with Crippen molar-refractivity contribution in [1.29, 1.82) is 0 Å². The molecule has 3 heteroatoms. The first kappa shape index (κ1) is 17.3. The van der Waals surface area contributed by atoms with Gasteiger partial charge in [-0.3, -0.25) is 4.79 Å². The molecule has 0 radical (unpaired) electrons. The molecule has 0 spiro atoms. The number of aliphatic hydroxyl groups excluding tert-OH is 1. The van der Waals surface area contributed by atoms with Gasteiger partial charge in [-0.05, 0) is 24.6 Å². The number of amides is 1. The third-order valence-corrected chi connectivity index (χ3v) is 3.12. The van der Waals surface area contributed by atoms with E-state index in [1.807, 2.05) is 24.3 Å². The van der Waals surface area contributed by atoms with Crippen LogP contribution in [0.4, 0.5) is 5.69 Å². The number of hydrogen-bond acceptors (Lipinski definition) is 2. The van der Waals surface area contributed by atoms with E-state index in [0.717, 1.165) is 24.1 Å². The Balaban J connectivity index is 2.38. The van der Waals surface area contributed by atoms with Gasteiger partial charge in [-0.1, -0.05) is 50.5 Å². The number of nitrogens with one attached hydrogen (secondary N) is 1. The second-order valence-corrected chi connectivity index (χ2v) is 5.07. The summed E-state index contributed by atoms with van der Waals surface area (Å²) in [6.45, 7) is 2.25. The van der Waals surface area contributed by atoms with Gasteiger partial charge in [0.25, 0.3) is 0 Å². The highest BCUT2D eigenvalue weighted by molar-refractivity contribution is 5.90. The van der Waals surface area contributed by atoms with Crippen molar-refractivity contribution in [2.75, 3.05) is 11.9 Å². The monoisotopic (exact) mass is 287 g/mol. The van der Waals surface area contributed by atoms with Gasteiger partial charge in [-0.2, -0.15) is 0 Å². The number of hydrogen-bond donors (Lipinski definition) is 2. The van der Waals surface area contributed by atoms with Crippen LogP contribution >= 0.6 is 0 Å². The van der Waals surface area contributed by atoms with E-state index in [1.54, 1.807) is 0 Å². The van der Waals surface area contributed by atoms with Crippen molar-refractivity contribution in [3.05, 3.63) is 29.8 Å². The van der Waals surface area contributed by atoms with Crippen LogP contribution in [0.2, 0.25) is 0 Å². The van der Waals surface area contributed by atoms with Crippen LogP contribution in [0.1, 0.15) is 57.4 Å². The van der Waals surface area contributed by atoms with Crippen LogP contribution in [0.15, 0.2) is 24.3 Å². The van der Waals surface area contributed by atoms with Gasteiger partial charge in [0.1, 0.15) is 0 Å². The van der Waals surface area contributed by atoms with Gasteiger partial charge in [0.15, 0.2) is 0 Å². The summed E-state index contributed by atoms with van der Waals surface area (Å²) in [5, 5.41) is 11.6. The van der Waals surface area contributed by atoms with E-state index in [0.29, 0.717) is 12.8 Å². The Kier molecular flexibility index (Phi) is 8.99. The predicted molar refractivity (Wildman–Crippen MR) is 87.0 cm³/mol. The summed E-state index contributed by atoms with van der Waals surface area (Å²) < 4.78 is 0. The number of unbranched alkanes of at least 4 members (excludes halogenated alkanes) is 4. The molecule has 0 aliphatic heterocycles. The van der Waals surface area contributed by atoms with Crippen molar-refractivity contribution in [2.45, 2.75) is 51.9 Å². The van der Waals surface area contributed by atoms with E-state index in [9.17, 15) is 4.79 Å². The summed E-state index contributed by atoms with van der Waals surface area (Å²) >= 11 is 0. The Morgan fingerprint density at radius 1 is 1.24 bits per heavy atom. The molecule has 21 heavy (non-hydrogen) atoms. The SMILES string of the molecule is CCCCCCCC(=O)Nc1cccc(C#CCCO)c1. The van der Waals surface area contributed by atoms with Gasteiger partial charge >= 0.3 is 0 Å². The maximum atomic E-state index is 11.8. The van der Waals surface area contributed by atoms with Gasteiger partial charge in [0, 0.05) is 24.1 Å². The van der Waals surface area contributed by atoms with Crippen LogP contribution < -0.4 is 5.32 Å². The molecule has 1 rings (SSSR count). The molecule has 0 bridgehead atoms. The minimum Gasteiger partial charge on any atom is -0.395 e. The van der Waals surface area contributed by atoms with Crippen LogP contribution in [0, 0.1) is 11.8 Å². The third kappa shape index (κ3) is 8.16. The van der Waals surface area contributed by atoms with E-state index in [4.69, 9.17) is 5.11 Å². The summed E-state index contributed by atoms with van der Waals surface area (Å²) in [6.07, 6.45) is 6.78. The quantitative estimate of drug-likeness (QED) is 0.565. The van der Waals surface area contributed by atoms with Crippen molar-refractivity contribution in [2.24, 2.45) is 0 Å². The summed E-state index contributed by atoms with van der Waals surface area (Å²) in [5.41, 5.74) is 1.63. The van der Waals surface area contributed by atoms with Crippen molar-refractivity contribution in [3.63, 3.8) is 0 Å². The first-order valence-electron chi connectivity index (χ1n) is 7.76. The van der Waals surface area contributed by atoms with Gasteiger partial charge in [-0.25, -0.2) is 0 Å². The highest BCUT2D eigenvalue weighted by atomic mass is 16.2. The van der Waals surface area contributed by atoms with E-state index in [2.05, 4.69) is 24.1 Å². The number of carbonyl (C=O) groups is 1. The lowest BCUT2D eigenvalue weighted by molar-refractivity contribution is -0.116. The summed E-state index contributed by atoms with van der Waals surface area (Å²) in [6, 6.07) is 7.50. The lowest BCUT2D eigenvalue weighted by Gasteiger charge is -2.05. The van der Waals surface area contributed by atoms with Gasteiger partial charge in [0.05, 0.1) is 6.61 Å². The average molecular weight is 287 g/mol. The Hall–Kier alpha value is -1.79. The minimum atomic E-state index is 0.0620. The molecular formula is C18H25NO2. The van der Waals surface area contributed by atoms with Crippen molar-refractivity contribution < 1.29 is 9.90 Å². The van der Waals surface area contributed by atoms with Crippen LogP contribution in [0.5, 0.6) is 0 Å². The number of carbonyl (C=O) groups excluding carboxylic acids is 1. The molecule has 0 heterocycles. The fraction of sp³-hybridized carbons (Fsp3) is 0.500. The topological polar surface area (TPSA) is 49.3 Å². The van der Waals surface area contributed by atoms with E-state index in [-0.39, 0.29) is 12.5 Å². The molecule has 3 nitrogen and oxygen atoms in total. The summed E-state index contributed by atoms with van der Waals surface area (Å²) in [5.74, 6) is 5.90. The maximum absolute atomic E-state index is 11.8. The molecule has 0 aliphatic rings. The molecule has 0 saturated heterocycles. The second kappa shape index (κ2) is 10.9. The fourth-order valence-electron chi connectivity index (χ4n) is 2.01. The standard InChI is InChI=1S/C18H25NO2/c1-2-3-4-5-6-13-18(21)19-17-12-9-11-16(15-17)10-7-8-14-20/h9,11-12,15,20H,2-6,8,13-14H2,1H3,(H,19,21). The lowest BCUT2D eigenvalue weighted by atomic mass is 10.1. The molecule has 0 unspecified atom stereocenters. The minimum absolute atomic E-state index is 0.0620. The molecule has 1 aromatic rings. The molecule has 114 valence electrons. The summed E-state index contributed by atoms with van der Waals surface area (Å²) in [4.78, 5) is 11.8. The van der Waals surface area contributed by atoms with Gasteiger partial charge in [0.2, 0.25) is 5.91 Å². The normalized spacial score (nSPS) is 9.81. The average Bonchev–Trinajstić information content (AvgIpc) is 2.48. The van der Waals surface area contributed by atoms with Crippen LogP contribution in [-0.4, -0.2) is 17.6 Å². The lowest BCUT2D eigenvalue weighted by Crippen LogP contribution is -2.11. The highest BCUT2D eigenvalue weighted by Crippen LogP contribution is 2.11. The highest BCUT2D eigenvalue weighted by Gasteiger charge is 2.02. The Morgan fingerprint density at radius 3 is 2.81 bits per heavy atom. The molecule has 0 aliphatic carbocycles. The first-order chi connectivity index (χ1) is 10.3.